The van der Waals surface area contributed by atoms with Crippen LogP contribution in [0.5, 0.6) is 0 Å². The molecule has 0 bridgehead atoms. The highest BCUT2D eigenvalue weighted by atomic mass is 31.2. The van der Waals surface area contributed by atoms with Crippen molar-refractivity contribution in [2.75, 3.05) is 39.6 Å². The summed E-state index contributed by atoms with van der Waals surface area (Å²) in [5.41, 5.74) is 0. The second-order valence-electron chi connectivity index (χ2n) is 26.6. The number of phosphoric ester groups is 2. The molecule has 0 aromatic heterocycles. The van der Waals surface area contributed by atoms with Crippen LogP contribution in [-0.4, -0.2) is 96.7 Å². The quantitative estimate of drug-likeness (QED) is 0.0222. The van der Waals surface area contributed by atoms with E-state index >= 15 is 0 Å². The van der Waals surface area contributed by atoms with Crippen LogP contribution in [0, 0.1) is 5.92 Å². The molecule has 19 heteroatoms. The zero-order valence-corrected chi connectivity index (χ0v) is 61.5. The summed E-state index contributed by atoms with van der Waals surface area (Å²) in [4.78, 5) is 72.5. The Hall–Kier alpha value is -1.94. The monoisotopic (exact) mass is 1350 g/mol. The van der Waals surface area contributed by atoms with Gasteiger partial charge in [0.1, 0.15) is 19.3 Å². The Morgan fingerprint density at radius 2 is 0.522 bits per heavy atom. The number of aliphatic hydroxyl groups is 1. The first-order valence-corrected chi connectivity index (χ1v) is 41.2. The van der Waals surface area contributed by atoms with Crippen molar-refractivity contribution in [2.45, 2.75) is 400 Å². The molecule has 0 aromatic carbocycles. The van der Waals surface area contributed by atoms with E-state index in [2.05, 4.69) is 34.6 Å². The highest BCUT2D eigenvalue weighted by Gasteiger charge is 2.30. The van der Waals surface area contributed by atoms with Crippen LogP contribution in [0.2, 0.25) is 0 Å². The van der Waals surface area contributed by atoms with E-state index in [9.17, 15) is 43.2 Å². The number of rotatable bonds is 73. The maximum absolute atomic E-state index is 13.0. The van der Waals surface area contributed by atoms with Crippen LogP contribution in [0.3, 0.4) is 0 Å². The SMILES string of the molecule is CCCCCCCCCCCCCCCCCCCCCCCC(=O)O[C@H](COC(=O)CCCCCCCCCCC(C)CC)COP(=O)(O)OC[C@@H](O)COP(=O)(O)OC[C@@H](COC(=O)CCCCCCCCCCC)OC(=O)CCCCCCCCCCCC. The average Bonchev–Trinajstić information content (AvgIpc) is 3.01. The molecule has 0 aliphatic rings. The van der Waals surface area contributed by atoms with Crippen molar-refractivity contribution in [3.8, 4) is 0 Å². The molecule has 0 amide bonds. The number of hydrogen-bond donors (Lipinski definition) is 3. The van der Waals surface area contributed by atoms with E-state index in [1.165, 1.54) is 205 Å². The Labute approximate surface area is 562 Å². The molecule has 0 saturated heterocycles. The molecule has 0 radical (unpaired) electrons. The Kier molecular flexibility index (Phi) is 64.9. The van der Waals surface area contributed by atoms with Crippen molar-refractivity contribution >= 4 is 39.5 Å². The predicted octanol–water partition coefficient (Wildman–Crippen LogP) is 21.3. The highest BCUT2D eigenvalue weighted by Crippen LogP contribution is 2.45. The lowest BCUT2D eigenvalue weighted by molar-refractivity contribution is -0.161. The predicted molar refractivity (Wildman–Crippen MR) is 372 cm³/mol. The second-order valence-corrected chi connectivity index (χ2v) is 29.5. The first kappa shape index (κ1) is 90.1. The van der Waals surface area contributed by atoms with E-state index in [1.807, 2.05) is 0 Å². The van der Waals surface area contributed by atoms with Gasteiger partial charge in [-0.2, -0.15) is 0 Å². The van der Waals surface area contributed by atoms with Gasteiger partial charge in [0, 0.05) is 25.7 Å². The minimum atomic E-state index is -4.95. The molecule has 0 fully saturated rings. The number of phosphoric acid groups is 2. The van der Waals surface area contributed by atoms with Gasteiger partial charge >= 0.3 is 39.5 Å². The molecule has 0 aliphatic carbocycles. The zero-order chi connectivity index (χ0) is 67.7. The van der Waals surface area contributed by atoms with Gasteiger partial charge in [0.25, 0.3) is 0 Å². The van der Waals surface area contributed by atoms with Crippen LogP contribution >= 0.6 is 15.6 Å². The maximum Gasteiger partial charge on any atom is 0.472 e. The molecule has 3 N–H and O–H groups in total. The topological polar surface area (TPSA) is 237 Å². The molecule has 0 aromatic rings. The molecular weight excluding hydrogens is 1210 g/mol. The summed E-state index contributed by atoms with van der Waals surface area (Å²) < 4.78 is 68.3. The largest absolute Gasteiger partial charge is 0.472 e. The third-order valence-electron chi connectivity index (χ3n) is 17.4. The molecule has 92 heavy (non-hydrogen) atoms. The fraction of sp³-hybridized carbons (Fsp3) is 0.945. The highest BCUT2D eigenvalue weighted by molar-refractivity contribution is 7.47. The number of hydrogen-bond acceptors (Lipinski definition) is 15. The van der Waals surface area contributed by atoms with E-state index in [4.69, 9.17) is 37.0 Å². The van der Waals surface area contributed by atoms with E-state index < -0.39 is 97.5 Å². The van der Waals surface area contributed by atoms with Crippen molar-refractivity contribution in [1.29, 1.82) is 0 Å². The summed E-state index contributed by atoms with van der Waals surface area (Å²) in [7, 11) is -9.90. The van der Waals surface area contributed by atoms with Crippen LogP contribution < -0.4 is 0 Å². The van der Waals surface area contributed by atoms with Crippen LogP contribution in [0.4, 0.5) is 0 Å². The van der Waals surface area contributed by atoms with E-state index in [1.54, 1.807) is 0 Å². The summed E-state index contributed by atoms with van der Waals surface area (Å²) >= 11 is 0. The first-order valence-electron chi connectivity index (χ1n) is 38.2. The number of ether oxygens (including phenoxy) is 4. The summed E-state index contributed by atoms with van der Waals surface area (Å²) in [6.07, 6.45) is 54.2. The Morgan fingerprint density at radius 1 is 0.304 bits per heavy atom. The van der Waals surface area contributed by atoms with Gasteiger partial charge in [-0.3, -0.25) is 37.3 Å². The van der Waals surface area contributed by atoms with Gasteiger partial charge in [-0.1, -0.05) is 330 Å². The summed E-state index contributed by atoms with van der Waals surface area (Å²) in [5.74, 6) is -1.34. The summed E-state index contributed by atoms with van der Waals surface area (Å²) in [6, 6.07) is 0. The molecule has 0 spiro atoms. The van der Waals surface area contributed by atoms with Gasteiger partial charge in [-0.15, -0.1) is 0 Å². The van der Waals surface area contributed by atoms with E-state index in [0.29, 0.717) is 25.7 Å². The first-order chi connectivity index (χ1) is 44.6. The molecular formula is C73H142O17P2. The molecule has 0 aliphatic heterocycles. The van der Waals surface area contributed by atoms with Crippen molar-refractivity contribution in [3.05, 3.63) is 0 Å². The maximum atomic E-state index is 13.0. The molecule has 17 nitrogen and oxygen atoms in total. The van der Waals surface area contributed by atoms with Crippen LogP contribution in [0.15, 0.2) is 0 Å². The number of carbonyl (C=O) groups excluding carboxylic acids is 4. The normalized spacial score (nSPS) is 14.3. The van der Waals surface area contributed by atoms with Gasteiger partial charge in [0.05, 0.1) is 26.4 Å². The second kappa shape index (κ2) is 66.3. The van der Waals surface area contributed by atoms with Crippen molar-refractivity contribution in [3.63, 3.8) is 0 Å². The molecule has 546 valence electrons. The zero-order valence-electron chi connectivity index (χ0n) is 59.7. The van der Waals surface area contributed by atoms with Gasteiger partial charge in [0.15, 0.2) is 12.2 Å². The molecule has 3 unspecified atom stereocenters. The lowest BCUT2D eigenvalue weighted by atomic mass is 9.99. The minimum Gasteiger partial charge on any atom is -0.462 e. The smallest absolute Gasteiger partial charge is 0.462 e. The lowest BCUT2D eigenvalue weighted by Crippen LogP contribution is -2.30. The van der Waals surface area contributed by atoms with Crippen molar-refractivity contribution < 1.29 is 80.2 Å². The number of carbonyl (C=O) groups is 4. The van der Waals surface area contributed by atoms with Gasteiger partial charge < -0.3 is 33.8 Å². The van der Waals surface area contributed by atoms with Crippen molar-refractivity contribution in [2.24, 2.45) is 5.92 Å². The molecule has 0 rings (SSSR count). The molecule has 0 saturated carbocycles. The Morgan fingerprint density at radius 3 is 0.772 bits per heavy atom. The third kappa shape index (κ3) is 65.4. The van der Waals surface area contributed by atoms with Crippen molar-refractivity contribution in [1.82, 2.24) is 0 Å². The number of aliphatic hydroxyl groups excluding tert-OH is 1. The average molecular weight is 1350 g/mol. The fourth-order valence-electron chi connectivity index (χ4n) is 11.1. The molecule has 6 atom stereocenters. The Bertz CT molecular complexity index is 1770. The standard InChI is InChI=1S/C73H142O17P2/c1-6-10-13-16-19-22-24-25-26-27-28-29-30-31-32-33-34-37-44-49-54-59-73(78)90-69(63-84-71(76)57-52-47-42-39-38-40-45-50-55-66(5)9-4)65-88-92(81,82)86-61-67(74)60-85-91(79,80)87-64-68(62-83-70(75)56-51-46-41-35-21-18-15-12-8-3)89-72(77)58-53-48-43-36-23-20-17-14-11-7-2/h66-69,74H,6-65H2,1-5H3,(H,79,80)(H,81,82)/t66?,67-,68+,69+/m0/s1. The number of esters is 4. The third-order valence-corrected chi connectivity index (χ3v) is 19.3. The summed E-state index contributed by atoms with van der Waals surface area (Å²) in [6.45, 7) is 7.24. The number of unbranched alkanes of at least 4 members (excludes halogenated alkanes) is 44. The van der Waals surface area contributed by atoms with Crippen LogP contribution in [-0.2, 0) is 65.4 Å². The lowest BCUT2D eigenvalue weighted by Gasteiger charge is -2.21. The van der Waals surface area contributed by atoms with E-state index in [-0.39, 0.29) is 25.7 Å². The summed E-state index contributed by atoms with van der Waals surface area (Å²) in [5, 5.41) is 10.6. The van der Waals surface area contributed by atoms with Crippen LogP contribution in [0.1, 0.15) is 381 Å². The van der Waals surface area contributed by atoms with Gasteiger partial charge in [-0.25, -0.2) is 9.13 Å². The fourth-order valence-corrected chi connectivity index (χ4v) is 12.7. The molecule has 0 heterocycles. The van der Waals surface area contributed by atoms with Crippen LogP contribution in [0.25, 0.3) is 0 Å². The Balaban J connectivity index is 5.16. The van der Waals surface area contributed by atoms with Gasteiger partial charge in [-0.05, 0) is 31.6 Å². The van der Waals surface area contributed by atoms with E-state index in [0.717, 1.165) is 95.8 Å². The van der Waals surface area contributed by atoms with Gasteiger partial charge in [0.2, 0.25) is 0 Å². The minimum absolute atomic E-state index is 0.107.